The molecule has 0 radical (unpaired) electrons. The van der Waals surface area contributed by atoms with E-state index < -0.39 is 17.9 Å². The molecule has 2 rings (SSSR count). The van der Waals surface area contributed by atoms with E-state index in [1.165, 1.54) is 0 Å². The molecule has 0 aromatic rings. The number of aliphatic hydroxyl groups excluding tert-OH is 2. The first-order chi connectivity index (χ1) is 9.05. The third-order valence-corrected chi connectivity index (χ3v) is 4.29. The molecular weight excluding hydrogens is 258 g/mol. The quantitative estimate of drug-likeness (QED) is 0.811. The van der Waals surface area contributed by atoms with Crippen LogP contribution in [0.15, 0.2) is 11.3 Å². The first-order valence-corrected chi connectivity index (χ1v) is 7.08. The largest absolute Gasteiger partial charge is 0.509 e. The van der Waals surface area contributed by atoms with Crippen molar-refractivity contribution in [3.63, 3.8) is 0 Å². The summed E-state index contributed by atoms with van der Waals surface area (Å²) in [6, 6.07) is 0. The van der Waals surface area contributed by atoms with Crippen LogP contribution in [0.2, 0.25) is 0 Å². The Hall–Kier alpha value is -1.07. The highest BCUT2D eigenvalue weighted by atomic mass is 16.5. The molecule has 5 nitrogen and oxygen atoms in total. The summed E-state index contributed by atoms with van der Waals surface area (Å²) in [5.74, 6) is -0.393. The van der Waals surface area contributed by atoms with Gasteiger partial charge in [0.15, 0.2) is 5.54 Å². The maximum absolute atomic E-state index is 12.5. The van der Waals surface area contributed by atoms with Crippen LogP contribution in [0.5, 0.6) is 0 Å². The highest BCUT2D eigenvalue weighted by Crippen LogP contribution is 2.48. The zero-order valence-electron chi connectivity index (χ0n) is 13.1. The lowest BCUT2D eigenvalue weighted by molar-refractivity contribution is -0.144. The molecule has 0 aliphatic carbocycles. The van der Waals surface area contributed by atoms with Crippen LogP contribution in [0.1, 0.15) is 41.5 Å². The molecule has 2 aliphatic rings. The van der Waals surface area contributed by atoms with Gasteiger partial charge in [0.05, 0.1) is 18.3 Å². The highest BCUT2D eigenvalue weighted by Gasteiger charge is 2.64. The van der Waals surface area contributed by atoms with Crippen LogP contribution >= 0.6 is 0 Å². The first kappa shape index (κ1) is 15.3. The van der Waals surface area contributed by atoms with Crippen LogP contribution < -0.4 is 0 Å². The number of nitrogens with zero attached hydrogens (tertiary/aromatic N) is 1. The standard InChI is InChI=1S/C15H25NO4/c1-8(2)10(17)15-7-20-13(14(4,5)6)16(15)12(19)9(3)11(15)18/h8,10,13,17-18H,7H2,1-6H3/t10-,13-,15-/m1/s1. The van der Waals surface area contributed by atoms with Crippen molar-refractivity contribution in [2.45, 2.75) is 59.4 Å². The summed E-state index contributed by atoms with van der Waals surface area (Å²) in [5.41, 5.74) is -1.12. The number of fused-ring (bicyclic) bond motifs is 1. The van der Waals surface area contributed by atoms with Crippen molar-refractivity contribution in [2.24, 2.45) is 11.3 Å². The number of amides is 1. The molecule has 114 valence electrons. The molecule has 5 heteroatoms. The van der Waals surface area contributed by atoms with Crippen LogP contribution in [0, 0.1) is 11.3 Å². The molecular formula is C15H25NO4. The number of rotatable bonds is 2. The van der Waals surface area contributed by atoms with Crippen molar-refractivity contribution in [1.29, 1.82) is 0 Å². The van der Waals surface area contributed by atoms with Gasteiger partial charge in [-0.15, -0.1) is 0 Å². The van der Waals surface area contributed by atoms with E-state index >= 15 is 0 Å². The van der Waals surface area contributed by atoms with Crippen molar-refractivity contribution >= 4 is 5.91 Å². The molecule has 0 aromatic carbocycles. The van der Waals surface area contributed by atoms with Crippen LogP contribution in [-0.4, -0.2) is 45.5 Å². The summed E-state index contributed by atoms with van der Waals surface area (Å²) >= 11 is 0. The van der Waals surface area contributed by atoms with Crippen LogP contribution in [-0.2, 0) is 9.53 Å². The van der Waals surface area contributed by atoms with E-state index in [1.807, 2.05) is 34.6 Å². The highest BCUT2D eigenvalue weighted by molar-refractivity contribution is 5.98. The van der Waals surface area contributed by atoms with Gasteiger partial charge in [-0.1, -0.05) is 34.6 Å². The number of hydrogen-bond donors (Lipinski definition) is 2. The molecule has 20 heavy (non-hydrogen) atoms. The lowest BCUT2D eigenvalue weighted by Gasteiger charge is -2.41. The Bertz CT molecular complexity index is 463. The van der Waals surface area contributed by atoms with Gasteiger partial charge in [-0.3, -0.25) is 9.69 Å². The molecule has 0 spiro atoms. The minimum absolute atomic E-state index is 0.0459. The fourth-order valence-electron chi connectivity index (χ4n) is 3.19. The Morgan fingerprint density at radius 1 is 1.40 bits per heavy atom. The van der Waals surface area contributed by atoms with Crippen molar-refractivity contribution in [1.82, 2.24) is 4.90 Å². The summed E-state index contributed by atoms with van der Waals surface area (Å²) < 4.78 is 5.80. The van der Waals surface area contributed by atoms with E-state index in [9.17, 15) is 15.0 Å². The molecule has 0 saturated carbocycles. The third-order valence-electron chi connectivity index (χ3n) is 4.29. The SMILES string of the molecule is CC1=C(O)[C@]2([C@H](O)C(C)C)CO[C@H](C(C)(C)C)N2C1=O. The lowest BCUT2D eigenvalue weighted by Crippen LogP contribution is -2.59. The van der Waals surface area contributed by atoms with E-state index in [4.69, 9.17) is 4.74 Å². The van der Waals surface area contributed by atoms with Crippen molar-refractivity contribution < 1.29 is 19.7 Å². The van der Waals surface area contributed by atoms with Crippen molar-refractivity contribution in [3.8, 4) is 0 Å². The predicted octanol–water partition coefficient (Wildman–Crippen LogP) is 1.82. The maximum atomic E-state index is 12.5. The Kier molecular flexibility index (Phi) is 3.42. The van der Waals surface area contributed by atoms with E-state index in [0.717, 1.165) is 0 Å². The van der Waals surface area contributed by atoms with E-state index in [1.54, 1.807) is 11.8 Å². The number of aliphatic hydroxyl groups is 2. The van der Waals surface area contributed by atoms with E-state index in [2.05, 4.69) is 0 Å². The second kappa shape index (κ2) is 4.46. The molecule has 1 amide bonds. The van der Waals surface area contributed by atoms with Crippen molar-refractivity contribution in [2.75, 3.05) is 6.61 Å². The molecule has 3 atom stereocenters. The number of ether oxygens (including phenoxy) is 1. The zero-order valence-corrected chi connectivity index (χ0v) is 13.1. The molecule has 0 bridgehead atoms. The van der Waals surface area contributed by atoms with Gasteiger partial charge < -0.3 is 14.9 Å². The Morgan fingerprint density at radius 2 is 1.95 bits per heavy atom. The van der Waals surface area contributed by atoms with Gasteiger partial charge in [0, 0.05) is 5.41 Å². The first-order valence-electron chi connectivity index (χ1n) is 7.08. The summed E-state index contributed by atoms with van der Waals surface area (Å²) in [7, 11) is 0. The van der Waals surface area contributed by atoms with Gasteiger partial charge in [0.2, 0.25) is 0 Å². The second-order valence-electron chi connectivity index (χ2n) is 7.29. The third kappa shape index (κ3) is 1.79. The van der Waals surface area contributed by atoms with Crippen molar-refractivity contribution in [3.05, 3.63) is 11.3 Å². The number of hydrogen-bond acceptors (Lipinski definition) is 4. The minimum atomic E-state index is -1.13. The fraction of sp³-hybridized carbons (Fsp3) is 0.800. The average Bonchev–Trinajstić information content (AvgIpc) is 2.82. The van der Waals surface area contributed by atoms with Gasteiger partial charge in [-0.05, 0) is 12.8 Å². The van der Waals surface area contributed by atoms with Gasteiger partial charge in [-0.25, -0.2) is 0 Å². The average molecular weight is 283 g/mol. The van der Waals surface area contributed by atoms with Crippen LogP contribution in [0.3, 0.4) is 0 Å². The van der Waals surface area contributed by atoms with Gasteiger partial charge in [-0.2, -0.15) is 0 Å². The van der Waals surface area contributed by atoms with Gasteiger partial charge in [0.25, 0.3) is 5.91 Å². The summed E-state index contributed by atoms with van der Waals surface area (Å²) in [6.45, 7) is 11.4. The predicted molar refractivity (Wildman–Crippen MR) is 74.9 cm³/mol. The second-order valence-corrected chi connectivity index (χ2v) is 7.29. The monoisotopic (exact) mass is 283 g/mol. The Balaban J connectivity index is 2.55. The normalized spacial score (nSPS) is 32.3. The Labute approximate surface area is 120 Å². The Morgan fingerprint density at radius 3 is 2.40 bits per heavy atom. The maximum Gasteiger partial charge on any atom is 0.256 e. The summed E-state index contributed by atoms with van der Waals surface area (Å²) in [6.07, 6.45) is -1.32. The molecule has 2 N–H and O–H groups in total. The molecule has 1 fully saturated rings. The van der Waals surface area contributed by atoms with Gasteiger partial charge in [0.1, 0.15) is 12.0 Å². The van der Waals surface area contributed by atoms with Gasteiger partial charge >= 0.3 is 0 Å². The molecule has 0 aromatic heterocycles. The van der Waals surface area contributed by atoms with E-state index in [0.29, 0.717) is 5.57 Å². The summed E-state index contributed by atoms with van der Waals surface area (Å²) in [4.78, 5) is 14.0. The topological polar surface area (TPSA) is 70.0 Å². The minimum Gasteiger partial charge on any atom is -0.509 e. The molecule has 2 aliphatic heterocycles. The van der Waals surface area contributed by atoms with Crippen LogP contribution in [0.4, 0.5) is 0 Å². The zero-order chi connectivity index (χ0) is 15.5. The fourth-order valence-corrected chi connectivity index (χ4v) is 3.19. The lowest BCUT2D eigenvalue weighted by atomic mass is 9.83. The molecule has 1 saturated heterocycles. The number of carbonyl (C=O) groups is 1. The number of carbonyl (C=O) groups excluding carboxylic acids is 1. The molecule has 2 heterocycles. The van der Waals surface area contributed by atoms with Crippen LogP contribution in [0.25, 0.3) is 0 Å². The molecule has 0 unspecified atom stereocenters. The smallest absolute Gasteiger partial charge is 0.256 e. The van der Waals surface area contributed by atoms with E-state index in [-0.39, 0.29) is 29.6 Å². The summed E-state index contributed by atoms with van der Waals surface area (Å²) in [5, 5.41) is 21.1.